The average Bonchev–Trinajstić information content (AvgIpc) is 2.58. The molecule has 0 aromatic heterocycles. The van der Waals surface area contributed by atoms with Gasteiger partial charge in [0.1, 0.15) is 11.6 Å². The van der Waals surface area contributed by atoms with Crippen LogP contribution in [0.5, 0.6) is 0 Å². The Balaban J connectivity index is 2.65. The van der Waals surface area contributed by atoms with E-state index in [0.29, 0.717) is 13.0 Å². The molecule has 0 fully saturated rings. The lowest BCUT2D eigenvalue weighted by Gasteiger charge is -2.27. The molecule has 3 N–H and O–H groups in total. The SMILES string of the molecule is CC[C@H](C)[C@H](NCc1ccc(CCC(=O)NO)cc1)C(=O)OC(C)(C)C. The van der Waals surface area contributed by atoms with Crippen molar-refractivity contribution >= 4 is 11.9 Å². The predicted molar refractivity (Wildman–Crippen MR) is 101 cm³/mol. The zero-order chi connectivity index (χ0) is 19.7. The molecule has 6 heteroatoms. The van der Waals surface area contributed by atoms with Gasteiger partial charge in [-0.2, -0.15) is 0 Å². The van der Waals surface area contributed by atoms with Crippen LogP contribution in [0.3, 0.4) is 0 Å². The van der Waals surface area contributed by atoms with E-state index < -0.39 is 11.5 Å². The van der Waals surface area contributed by atoms with Crippen molar-refractivity contribution in [1.82, 2.24) is 10.8 Å². The van der Waals surface area contributed by atoms with Crippen LogP contribution in [-0.4, -0.2) is 28.7 Å². The molecule has 26 heavy (non-hydrogen) atoms. The molecule has 0 saturated carbocycles. The number of amides is 1. The third-order valence-electron chi connectivity index (χ3n) is 4.19. The van der Waals surface area contributed by atoms with Crippen LogP contribution in [0.25, 0.3) is 0 Å². The Morgan fingerprint density at radius 3 is 2.23 bits per heavy atom. The normalized spacial score (nSPS) is 13.8. The molecule has 1 rings (SSSR count). The van der Waals surface area contributed by atoms with Crippen molar-refractivity contribution in [2.75, 3.05) is 0 Å². The molecule has 0 spiro atoms. The Bertz CT molecular complexity index is 578. The second kappa shape index (κ2) is 10.3. The van der Waals surface area contributed by atoms with Gasteiger partial charge in [0.15, 0.2) is 0 Å². The number of aryl methyl sites for hydroxylation is 1. The summed E-state index contributed by atoms with van der Waals surface area (Å²) >= 11 is 0. The number of benzene rings is 1. The van der Waals surface area contributed by atoms with E-state index in [1.165, 1.54) is 0 Å². The van der Waals surface area contributed by atoms with E-state index in [1.54, 1.807) is 5.48 Å². The average molecular weight is 364 g/mol. The highest BCUT2D eigenvalue weighted by Crippen LogP contribution is 2.16. The number of hydrogen-bond acceptors (Lipinski definition) is 5. The minimum Gasteiger partial charge on any atom is -0.459 e. The Morgan fingerprint density at radius 1 is 1.15 bits per heavy atom. The number of carbonyl (C=O) groups excluding carboxylic acids is 2. The lowest BCUT2D eigenvalue weighted by molar-refractivity contribution is -0.159. The van der Waals surface area contributed by atoms with E-state index in [1.807, 2.05) is 52.0 Å². The second-order valence-electron chi connectivity index (χ2n) is 7.63. The highest BCUT2D eigenvalue weighted by atomic mass is 16.6. The van der Waals surface area contributed by atoms with E-state index in [-0.39, 0.29) is 24.3 Å². The molecule has 0 aliphatic rings. The maximum atomic E-state index is 12.5. The summed E-state index contributed by atoms with van der Waals surface area (Å²) in [4.78, 5) is 23.5. The first-order valence-electron chi connectivity index (χ1n) is 9.13. The fraction of sp³-hybridized carbons (Fsp3) is 0.600. The van der Waals surface area contributed by atoms with Gasteiger partial charge in [0.2, 0.25) is 5.91 Å². The largest absolute Gasteiger partial charge is 0.459 e. The number of hydroxylamine groups is 1. The van der Waals surface area contributed by atoms with Crippen LogP contribution >= 0.6 is 0 Å². The topological polar surface area (TPSA) is 87.7 Å². The lowest BCUT2D eigenvalue weighted by Crippen LogP contribution is -2.45. The maximum absolute atomic E-state index is 12.5. The number of rotatable bonds is 9. The van der Waals surface area contributed by atoms with Crippen molar-refractivity contribution in [2.45, 2.75) is 72.1 Å². The van der Waals surface area contributed by atoms with E-state index in [2.05, 4.69) is 12.2 Å². The zero-order valence-corrected chi connectivity index (χ0v) is 16.5. The van der Waals surface area contributed by atoms with Crippen LogP contribution in [0.2, 0.25) is 0 Å². The van der Waals surface area contributed by atoms with Gasteiger partial charge in [-0.1, -0.05) is 44.5 Å². The van der Waals surface area contributed by atoms with Crippen molar-refractivity contribution in [3.8, 4) is 0 Å². The molecule has 0 unspecified atom stereocenters. The highest BCUT2D eigenvalue weighted by Gasteiger charge is 2.28. The summed E-state index contributed by atoms with van der Waals surface area (Å²) in [7, 11) is 0. The summed E-state index contributed by atoms with van der Waals surface area (Å²) in [5, 5.41) is 11.8. The maximum Gasteiger partial charge on any atom is 0.323 e. The van der Waals surface area contributed by atoms with Crippen LogP contribution < -0.4 is 10.8 Å². The lowest BCUT2D eigenvalue weighted by atomic mass is 9.98. The van der Waals surface area contributed by atoms with Gasteiger partial charge >= 0.3 is 5.97 Å². The molecule has 1 amide bonds. The summed E-state index contributed by atoms with van der Waals surface area (Å²) in [6.45, 7) is 10.3. The number of nitrogens with one attached hydrogen (secondary N) is 2. The quantitative estimate of drug-likeness (QED) is 0.356. The Hall–Kier alpha value is -1.92. The monoisotopic (exact) mass is 364 g/mol. The van der Waals surface area contributed by atoms with Gasteiger partial charge in [-0.15, -0.1) is 0 Å². The third kappa shape index (κ3) is 7.97. The van der Waals surface area contributed by atoms with Crippen LogP contribution in [0.4, 0.5) is 0 Å². The molecule has 146 valence electrons. The van der Waals surface area contributed by atoms with Crippen molar-refractivity contribution in [2.24, 2.45) is 5.92 Å². The Labute approximate surface area is 156 Å². The molecule has 6 nitrogen and oxygen atoms in total. The summed E-state index contributed by atoms with van der Waals surface area (Å²) < 4.78 is 5.54. The predicted octanol–water partition coefficient (Wildman–Crippen LogP) is 2.97. The third-order valence-corrected chi connectivity index (χ3v) is 4.19. The summed E-state index contributed by atoms with van der Waals surface area (Å²) in [5.74, 6) is -0.455. The molecular formula is C20H32N2O4. The molecule has 0 bridgehead atoms. The zero-order valence-electron chi connectivity index (χ0n) is 16.5. The number of ether oxygens (including phenoxy) is 1. The molecule has 0 aliphatic heterocycles. The molecule has 0 saturated heterocycles. The van der Waals surface area contributed by atoms with Gasteiger partial charge in [0.05, 0.1) is 0 Å². The summed E-state index contributed by atoms with van der Waals surface area (Å²) in [6, 6.07) is 7.50. The van der Waals surface area contributed by atoms with E-state index >= 15 is 0 Å². The van der Waals surface area contributed by atoms with Gasteiger partial charge in [0, 0.05) is 13.0 Å². The van der Waals surface area contributed by atoms with E-state index in [9.17, 15) is 9.59 Å². The van der Waals surface area contributed by atoms with Crippen LogP contribution in [0.15, 0.2) is 24.3 Å². The molecule has 0 heterocycles. The smallest absolute Gasteiger partial charge is 0.323 e. The fourth-order valence-electron chi connectivity index (χ4n) is 2.48. The molecule has 0 aliphatic carbocycles. The van der Waals surface area contributed by atoms with Gasteiger partial charge in [-0.05, 0) is 44.2 Å². The molecule has 1 aromatic rings. The Kier molecular flexibility index (Phi) is 8.75. The van der Waals surface area contributed by atoms with Gasteiger partial charge in [-0.25, -0.2) is 5.48 Å². The standard InChI is InChI=1S/C20H32N2O4/c1-6-14(2)18(19(24)26-20(3,4)5)21-13-16-9-7-15(8-10-16)11-12-17(23)22-25/h7-10,14,18,21,25H,6,11-13H2,1-5H3,(H,22,23)/t14-,18-/m0/s1. The van der Waals surface area contributed by atoms with Crippen molar-refractivity contribution < 1.29 is 19.5 Å². The first-order chi connectivity index (χ1) is 12.2. The molecular weight excluding hydrogens is 332 g/mol. The summed E-state index contributed by atoms with van der Waals surface area (Å²) in [5.41, 5.74) is 3.19. The molecule has 0 radical (unpaired) electrons. The number of hydrogen-bond donors (Lipinski definition) is 3. The van der Waals surface area contributed by atoms with Gasteiger partial charge in [0.25, 0.3) is 0 Å². The van der Waals surface area contributed by atoms with E-state index in [4.69, 9.17) is 9.94 Å². The van der Waals surface area contributed by atoms with Crippen LogP contribution in [0, 0.1) is 5.92 Å². The van der Waals surface area contributed by atoms with E-state index in [0.717, 1.165) is 17.5 Å². The van der Waals surface area contributed by atoms with Gasteiger partial charge < -0.3 is 10.1 Å². The molecule has 2 atom stereocenters. The highest BCUT2D eigenvalue weighted by molar-refractivity contribution is 5.76. The van der Waals surface area contributed by atoms with Gasteiger partial charge in [-0.3, -0.25) is 14.8 Å². The second-order valence-corrected chi connectivity index (χ2v) is 7.63. The fourth-order valence-corrected chi connectivity index (χ4v) is 2.48. The minimum absolute atomic E-state index is 0.168. The molecule has 1 aromatic carbocycles. The Morgan fingerprint density at radius 2 is 1.73 bits per heavy atom. The van der Waals surface area contributed by atoms with Crippen molar-refractivity contribution in [3.05, 3.63) is 35.4 Å². The number of carbonyl (C=O) groups is 2. The number of esters is 1. The minimum atomic E-state index is -0.507. The first-order valence-corrected chi connectivity index (χ1v) is 9.13. The summed E-state index contributed by atoms with van der Waals surface area (Å²) in [6.07, 6.45) is 1.68. The van der Waals surface area contributed by atoms with Crippen molar-refractivity contribution in [3.63, 3.8) is 0 Å². The van der Waals surface area contributed by atoms with Crippen LogP contribution in [0.1, 0.15) is 58.6 Å². The van der Waals surface area contributed by atoms with Crippen molar-refractivity contribution in [1.29, 1.82) is 0 Å². The van der Waals surface area contributed by atoms with Crippen LogP contribution in [-0.2, 0) is 27.3 Å². The first kappa shape index (κ1) is 22.1.